The van der Waals surface area contributed by atoms with Gasteiger partial charge >= 0.3 is 0 Å². The van der Waals surface area contributed by atoms with E-state index in [1.165, 1.54) is 0 Å². The van der Waals surface area contributed by atoms with Crippen LogP contribution in [0.5, 0.6) is 0 Å². The number of halogens is 1. The first kappa shape index (κ1) is 17.2. The molecule has 2 N–H and O–H groups in total. The van der Waals surface area contributed by atoms with Crippen molar-refractivity contribution in [3.63, 3.8) is 0 Å². The molecule has 1 heterocycles. The molecule has 116 valence electrons. The first-order valence-corrected chi connectivity index (χ1v) is 7.39. The number of amides is 2. The molecule has 0 aromatic heterocycles. The van der Waals surface area contributed by atoms with E-state index in [4.69, 9.17) is 0 Å². The Hall–Kier alpha value is -0.810. The normalized spacial score (nSPS) is 22.8. The molecule has 1 saturated carbocycles. The number of rotatable bonds is 5. The Bertz CT molecular complexity index is 356. The number of carbonyl (C=O) groups excluding carboxylic acids is 2. The smallest absolute Gasteiger partial charge is 0.239 e. The summed E-state index contributed by atoms with van der Waals surface area (Å²) in [6, 6.07) is 0. The number of nitrogens with one attached hydrogen (secondary N) is 2. The predicted octanol–water partition coefficient (Wildman–Crippen LogP) is 0.782. The summed E-state index contributed by atoms with van der Waals surface area (Å²) in [4.78, 5) is 25.8. The van der Waals surface area contributed by atoms with Crippen LogP contribution in [0.1, 0.15) is 33.1 Å². The maximum atomic E-state index is 12.5. The van der Waals surface area contributed by atoms with Gasteiger partial charge in [-0.05, 0) is 51.6 Å². The van der Waals surface area contributed by atoms with Gasteiger partial charge in [-0.15, -0.1) is 12.4 Å². The minimum Gasteiger partial charge on any atom is -0.355 e. The quantitative estimate of drug-likeness (QED) is 0.789. The first-order valence-electron chi connectivity index (χ1n) is 7.39. The highest BCUT2D eigenvalue weighted by Gasteiger charge is 2.58. The lowest BCUT2D eigenvalue weighted by atomic mass is 9.91. The van der Waals surface area contributed by atoms with Crippen LogP contribution >= 0.6 is 12.4 Å². The second-order valence-corrected chi connectivity index (χ2v) is 5.68. The fraction of sp³-hybridized carbons (Fsp3) is 0.857. The van der Waals surface area contributed by atoms with Crippen LogP contribution in [-0.2, 0) is 9.59 Å². The topological polar surface area (TPSA) is 61.4 Å². The lowest BCUT2D eigenvalue weighted by Crippen LogP contribution is -2.42. The van der Waals surface area contributed by atoms with E-state index in [-0.39, 0.29) is 42.1 Å². The van der Waals surface area contributed by atoms with Gasteiger partial charge in [-0.25, -0.2) is 0 Å². The van der Waals surface area contributed by atoms with Crippen LogP contribution in [0.15, 0.2) is 0 Å². The summed E-state index contributed by atoms with van der Waals surface area (Å²) >= 11 is 0. The predicted molar refractivity (Wildman–Crippen MR) is 80.8 cm³/mol. The fourth-order valence-corrected chi connectivity index (χ4v) is 3.17. The van der Waals surface area contributed by atoms with Gasteiger partial charge in [0.15, 0.2) is 0 Å². The van der Waals surface area contributed by atoms with Gasteiger partial charge in [0.05, 0.1) is 6.54 Å². The van der Waals surface area contributed by atoms with E-state index >= 15 is 0 Å². The van der Waals surface area contributed by atoms with Crippen LogP contribution in [-0.4, -0.2) is 49.4 Å². The van der Waals surface area contributed by atoms with Gasteiger partial charge in [-0.2, -0.15) is 0 Å². The maximum Gasteiger partial charge on any atom is 0.239 e. The van der Waals surface area contributed by atoms with Crippen molar-refractivity contribution in [2.75, 3.05) is 32.7 Å². The Morgan fingerprint density at radius 2 is 1.95 bits per heavy atom. The average Bonchev–Trinajstić information content (AvgIpc) is 3.10. The summed E-state index contributed by atoms with van der Waals surface area (Å²) in [5, 5.41) is 6.10. The molecule has 0 aromatic carbocycles. The van der Waals surface area contributed by atoms with Gasteiger partial charge < -0.3 is 15.5 Å². The summed E-state index contributed by atoms with van der Waals surface area (Å²) in [7, 11) is 0. The molecule has 1 atom stereocenters. The summed E-state index contributed by atoms with van der Waals surface area (Å²) in [5.41, 5.74) is 0.247. The van der Waals surface area contributed by atoms with Gasteiger partial charge in [0.1, 0.15) is 0 Å². The van der Waals surface area contributed by atoms with Crippen LogP contribution < -0.4 is 10.6 Å². The molecule has 0 aromatic rings. The van der Waals surface area contributed by atoms with Gasteiger partial charge in [-0.3, -0.25) is 9.59 Å². The number of hydrogen-bond acceptors (Lipinski definition) is 3. The molecule has 0 bridgehead atoms. The number of nitrogens with zero attached hydrogens (tertiary/aromatic N) is 1. The van der Waals surface area contributed by atoms with Crippen molar-refractivity contribution in [3.05, 3.63) is 0 Å². The van der Waals surface area contributed by atoms with Crippen LogP contribution in [0.2, 0.25) is 0 Å². The van der Waals surface area contributed by atoms with Gasteiger partial charge in [0.25, 0.3) is 0 Å². The minimum atomic E-state index is -0.0577. The van der Waals surface area contributed by atoms with E-state index in [2.05, 4.69) is 10.6 Å². The number of piperidine rings is 1. The molecule has 20 heavy (non-hydrogen) atoms. The Balaban J connectivity index is 0.00000200. The highest BCUT2D eigenvalue weighted by Crippen LogP contribution is 2.59. The molecule has 1 spiro atoms. The number of carbonyl (C=O) groups is 2. The molecule has 2 fully saturated rings. The molecule has 1 saturated heterocycles. The summed E-state index contributed by atoms with van der Waals surface area (Å²) < 4.78 is 0. The van der Waals surface area contributed by atoms with E-state index in [0.717, 1.165) is 32.4 Å². The zero-order chi connectivity index (χ0) is 13.9. The lowest BCUT2D eigenvalue weighted by Gasteiger charge is -2.26. The molecular weight excluding hydrogens is 278 g/mol. The van der Waals surface area contributed by atoms with Crippen LogP contribution in [0.4, 0.5) is 0 Å². The molecule has 2 aliphatic rings. The molecule has 1 unspecified atom stereocenters. The Kier molecular flexibility index (Phi) is 6.27. The fourth-order valence-electron chi connectivity index (χ4n) is 3.17. The molecule has 5 nitrogen and oxygen atoms in total. The molecule has 2 rings (SSSR count). The first-order chi connectivity index (χ1) is 9.13. The van der Waals surface area contributed by atoms with E-state index in [0.29, 0.717) is 13.1 Å². The largest absolute Gasteiger partial charge is 0.355 e. The van der Waals surface area contributed by atoms with E-state index in [1.54, 1.807) is 4.90 Å². The second-order valence-electron chi connectivity index (χ2n) is 5.68. The van der Waals surface area contributed by atoms with E-state index < -0.39 is 0 Å². The highest BCUT2D eigenvalue weighted by atomic mass is 35.5. The Morgan fingerprint density at radius 1 is 1.30 bits per heavy atom. The van der Waals surface area contributed by atoms with E-state index in [1.807, 2.05) is 13.8 Å². The van der Waals surface area contributed by atoms with Gasteiger partial charge in [-0.1, -0.05) is 0 Å². The van der Waals surface area contributed by atoms with Crippen molar-refractivity contribution < 1.29 is 9.59 Å². The third-order valence-corrected chi connectivity index (χ3v) is 4.49. The second kappa shape index (κ2) is 7.27. The van der Waals surface area contributed by atoms with Crippen molar-refractivity contribution in [2.45, 2.75) is 33.1 Å². The molecule has 6 heteroatoms. The zero-order valence-corrected chi connectivity index (χ0v) is 13.2. The molecule has 0 radical (unpaired) electrons. The molecule has 2 amide bonds. The number of hydrogen-bond donors (Lipinski definition) is 2. The standard InChI is InChI=1S/C14H25N3O2.ClH/c1-3-16-12(18)10-17(4-2)13(19)11-9-14(11)5-7-15-8-6-14;/h11,15H,3-10H2,1-2H3,(H,16,18);1H. The lowest BCUT2D eigenvalue weighted by molar-refractivity contribution is -0.137. The van der Waals surface area contributed by atoms with Crippen molar-refractivity contribution in [2.24, 2.45) is 11.3 Å². The summed E-state index contributed by atoms with van der Waals surface area (Å²) in [6.45, 7) is 7.30. The van der Waals surface area contributed by atoms with Crippen LogP contribution in [0.3, 0.4) is 0 Å². The molecule has 1 aliphatic carbocycles. The zero-order valence-electron chi connectivity index (χ0n) is 12.4. The van der Waals surface area contributed by atoms with E-state index in [9.17, 15) is 9.59 Å². The Labute approximate surface area is 127 Å². The van der Waals surface area contributed by atoms with Crippen LogP contribution in [0, 0.1) is 11.3 Å². The maximum absolute atomic E-state index is 12.5. The Morgan fingerprint density at radius 3 is 2.50 bits per heavy atom. The van der Waals surface area contributed by atoms with Crippen LogP contribution in [0.25, 0.3) is 0 Å². The SMILES string of the molecule is CCNC(=O)CN(CC)C(=O)C1CC12CCNCC2.Cl. The summed E-state index contributed by atoms with van der Waals surface area (Å²) in [6.07, 6.45) is 3.21. The van der Waals surface area contributed by atoms with Gasteiger partial charge in [0, 0.05) is 19.0 Å². The molecule has 1 aliphatic heterocycles. The number of likely N-dealkylation sites (N-methyl/N-ethyl adjacent to an activating group) is 2. The van der Waals surface area contributed by atoms with Gasteiger partial charge in [0.2, 0.25) is 11.8 Å². The minimum absolute atomic E-state index is 0. The summed E-state index contributed by atoms with van der Waals surface area (Å²) in [5.74, 6) is 0.275. The average molecular weight is 304 g/mol. The third-order valence-electron chi connectivity index (χ3n) is 4.49. The van der Waals surface area contributed by atoms with Crippen molar-refractivity contribution in [3.8, 4) is 0 Å². The van der Waals surface area contributed by atoms with Crippen molar-refractivity contribution in [1.82, 2.24) is 15.5 Å². The monoisotopic (exact) mass is 303 g/mol. The highest BCUT2D eigenvalue weighted by molar-refractivity contribution is 5.88. The van der Waals surface area contributed by atoms with Crippen molar-refractivity contribution in [1.29, 1.82) is 0 Å². The molecular formula is C14H26ClN3O2. The third kappa shape index (κ3) is 3.64. The van der Waals surface area contributed by atoms with Crippen molar-refractivity contribution >= 4 is 24.2 Å².